The molecule has 94 valence electrons. The SMILES string of the molecule is N#CC1CN(C(=O)c2cc(Cl)cc(Br)c2)CCO1. The first kappa shape index (κ1) is 13.3. The second-order valence-electron chi connectivity index (χ2n) is 3.90. The van der Waals surface area contributed by atoms with Crippen LogP contribution in [0, 0.1) is 11.3 Å². The Balaban J connectivity index is 2.18. The quantitative estimate of drug-likeness (QED) is 0.795. The Morgan fingerprint density at radius 3 is 3.00 bits per heavy atom. The van der Waals surface area contributed by atoms with E-state index in [1.807, 2.05) is 6.07 Å². The van der Waals surface area contributed by atoms with Crippen LogP contribution < -0.4 is 0 Å². The monoisotopic (exact) mass is 328 g/mol. The molecule has 1 atom stereocenters. The summed E-state index contributed by atoms with van der Waals surface area (Å²) in [5.74, 6) is -0.137. The van der Waals surface area contributed by atoms with Crippen LogP contribution in [0.4, 0.5) is 0 Å². The smallest absolute Gasteiger partial charge is 0.254 e. The van der Waals surface area contributed by atoms with E-state index in [9.17, 15) is 4.79 Å². The normalized spacial score (nSPS) is 19.4. The van der Waals surface area contributed by atoms with E-state index < -0.39 is 6.10 Å². The van der Waals surface area contributed by atoms with E-state index in [-0.39, 0.29) is 5.91 Å². The third-order valence-electron chi connectivity index (χ3n) is 2.61. The van der Waals surface area contributed by atoms with Crippen LogP contribution in [0.15, 0.2) is 22.7 Å². The van der Waals surface area contributed by atoms with Crippen molar-refractivity contribution in [2.75, 3.05) is 19.7 Å². The zero-order valence-electron chi connectivity index (χ0n) is 9.40. The minimum Gasteiger partial charge on any atom is -0.360 e. The van der Waals surface area contributed by atoms with Crippen LogP contribution in [0.2, 0.25) is 5.02 Å². The molecule has 0 bridgehead atoms. The Bertz CT molecular complexity index is 495. The molecule has 4 nitrogen and oxygen atoms in total. The van der Waals surface area contributed by atoms with E-state index >= 15 is 0 Å². The molecule has 1 aromatic rings. The van der Waals surface area contributed by atoms with Crippen LogP contribution in [-0.2, 0) is 4.74 Å². The second kappa shape index (κ2) is 5.70. The van der Waals surface area contributed by atoms with Crippen molar-refractivity contribution in [1.82, 2.24) is 4.90 Å². The summed E-state index contributed by atoms with van der Waals surface area (Å²) in [6, 6.07) is 7.06. The highest BCUT2D eigenvalue weighted by Crippen LogP contribution is 2.21. The molecule has 1 saturated heterocycles. The molecule has 1 aromatic carbocycles. The highest BCUT2D eigenvalue weighted by atomic mass is 79.9. The van der Waals surface area contributed by atoms with Crippen LogP contribution in [0.1, 0.15) is 10.4 Å². The van der Waals surface area contributed by atoms with Crippen molar-refractivity contribution in [3.8, 4) is 6.07 Å². The first-order valence-electron chi connectivity index (χ1n) is 5.37. The van der Waals surface area contributed by atoms with Gasteiger partial charge in [0.25, 0.3) is 5.91 Å². The Kier molecular flexibility index (Phi) is 4.23. The average molecular weight is 330 g/mol. The van der Waals surface area contributed by atoms with E-state index in [0.717, 1.165) is 4.47 Å². The van der Waals surface area contributed by atoms with Crippen molar-refractivity contribution in [1.29, 1.82) is 5.26 Å². The van der Waals surface area contributed by atoms with Gasteiger partial charge in [0.15, 0.2) is 6.10 Å². The molecule has 1 aliphatic rings. The first-order valence-corrected chi connectivity index (χ1v) is 6.54. The standard InChI is InChI=1S/C12H10BrClN2O2/c13-9-3-8(4-10(14)5-9)12(17)16-1-2-18-11(6-15)7-16/h3-5,11H,1-2,7H2. The molecule has 1 amide bonds. The highest BCUT2D eigenvalue weighted by molar-refractivity contribution is 9.10. The molecule has 0 saturated carbocycles. The summed E-state index contributed by atoms with van der Waals surface area (Å²) in [5, 5.41) is 9.31. The van der Waals surface area contributed by atoms with Crippen molar-refractivity contribution in [3.63, 3.8) is 0 Å². The van der Waals surface area contributed by atoms with Crippen molar-refractivity contribution in [2.24, 2.45) is 0 Å². The van der Waals surface area contributed by atoms with Gasteiger partial charge in [0.05, 0.1) is 19.2 Å². The molecular formula is C12H10BrClN2O2. The first-order chi connectivity index (χ1) is 8.60. The molecule has 0 aliphatic carbocycles. The summed E-state index contributed by atoms with van der Waals surface area (Å²) in [6.07, 6.45) is -0.551. The number of benzene rings is 1. The molecule has 2 rings (SSSR count). The minimum absolute atomic E-state index is 0.137. The maximum atomic E-state index is 12.2. The lowest BCUT2D eigenvalue weighted by Gasteiger charge is -2.29. The van der Waals surface area contributed by atoms with Gasteiger partial charge < -0.3 is 9.64 Å². The second-order valence-corrected chi connectivity index (χ2v) is 5.25. The van der Waals surface area contributed by atoms with Crippen LogP contribution in [-0.4, -0.2) is 36.6 Å². The summed E-state index contributed by atoms with van der Waals surface area (Å²) in [7, 11) is 0. The van der Waals surface area contributed by atoms with Crippen molar-refractivity contribution >= 4 is 33.4 Å². The Morgan fingerprint density at radius 2 is 2.33 bits per heavy atom. The summed E-state index contributed by atoms with van der Waals surface area (Å²) in [4.78, 5) is 13.9. The Labute approximate surface area is 118 Å². The van der Waals surface area contributed by atoms with E-state index in [1.165, 1.54) is 0 Å². The number of carbonyl (C=O) groups is 1. The predicted molar refractivity (Wildman–Crippen MR) is 70.4 cm³/mol. The average Bonchev–Trinajstić information content (AvgIpc) is 2.37. The number of nitrogens with zero attached hydrogens (tertiary/aromatic N) is 2. The minimum atomic E-state index is -0.551. The molecule has 0 N–H and O–H groups in total. The number of ether oxygens (including phenoxy) is 1. The highest BCUT2D eigenvalue weighted by Gasteiger charge is 2.25. The van der Waals surface area contributed by atoms with Crippen LogP contribution >= 0.6 is 27.5 Å². The molecule has 1 fully saturated rings. The molecule has 1 aliphatic heterocycles. The zero-order valence-corrected chi connectivity index (χ0v) is 11.7. The van der Waals surface area contributed by atoms with Gasteiger partial charge >= 0.3 is 0 Å². The molecule has 0 spiro atoms. The Morgan fingerprint density at radius 1 is 1.56 bits per heavy atom. The van der Waals surface area contributed by atoms with Crippen molar-refractivity contribution < 1.29 is 9.53 Å². The van der Waals surface area contributed by atoms with Gasteiger partial charge in [-0.15, -0.1) is 0 Å². The van der Waals surface area contributed by atoms with Gasteiger partial charge in [-0.1, -0.05) is 27.5 Å². The fourth-order valence-corrected chi connectivity index (χ4v) is 2.63. The van der Waals surface area contributed by atoms with Gasteiger partial charge in [0.1, 0.15) is 0 Å². The fraction of sp³-hybridized carbons (Fsp3) is 0.333. The number of hydrogen-bond acceptors (Lipinski definition) is 3. The molecule has 1 unspecified atom stereocenters. The van der Waals surface area contributed by atoms with Gasteiger partial charge in [-0.25, -0.2) is 0 Å². The Hall–Kier alpha value is -1.09. The topological polar surface area (TPSA) is 53.3 Å². The lowest BCUT2D eigenvalue weighted by Crippen LogP contribution is -2.45. The molecule has 1 heterocycles. The van der Waals surface area contributed by atoms with Gasteiger partial charge in [-0.05, 0) is 18.2 Å². The summed E-state index contributed by atoms with van der Waals surface area (Å²) in [5.41, 5.74) is 0.507. The van der Waals surface area contributed by atoms with E-state index in [0.29, 0.717) is 30.3 Å². The van der Waals surface area contributed by atoms with Gasteiger partial charge in [0.2, 0.25) is 0 Å². The summed E-state index contributed by atoms with van der Waals surface area (Å²) < 4.78 is 5.95. The maximum absolute atomic E-state index is 12.2. The van der Waals surface area contributed by atoms with Crippen LogP contribution in [0.3, 0.4) is 0 Å². The van der Waals surface area contributed by atoms with Crippen LogP contribution in [0.5, 0.6) is 0 Å². The number of nitriles is 1. The molecule has 0 radical (unpaired) electrons. The van der Waals surface area contributed by atoms with Crippen molar-refractivity contribution in [3.05, 3.63) is 33.3 Å². The lowest BCUT2D eigenvalue weighted by atomic mass is 10.2. The van der Waals surface area contributed by atoms with E-state index in [4.69, 9.17) is 21.6 Å². The zero-order chi connectivity index (χ0) is 13.1. The van der Waals surface area contributed by atoms with Crippen molar-refractivity contribution in [2.45, 2.75) is 6.10 Å². The summed E-state index contributed by atoms with van der Waals surface area (Å²) >= 11 is 9.21. The number of hydrogen-bond donors (Lipinski definition) is 0. The van der Waals surface area contributed by atoms with E-state index in [2.05, 4.69) is 15.9 Å². The third-order valence-corrected chi connectivity index (χ3v) is 3.28. The molecular weight excluding hydrogens is 320 g/mol. The maximum Gasteiger partial charge on any atom is 0.254 e. The largest absolute Gasteiger partial charge is 0.360 e. The summed E-state index contributed by atoms with van der Waals surface area (Å²) in [6.45, 7) is 1.16. The third kappa shape index (κ3) is 3.02. The number of morpholine rings is 1. The number of amides is 1. The molecule has 6 heteroatoms. The molecule has 0 aromatic heterocycles. The number of halogens is 2. The number of rotatable bonds is 1. The molecule has 18 heavy (non-hydrogen) atoms. The van der Waals surface area contributed by atoms with Gasteiger partial charge in [-0.2, -0.15) is 5.26 Å². The predicted octanol–water partition coefficient (Wildman–Crippen LogP) is 2.47. The van der Waals surface area contributed by atoms with Crippen LogP contribution in [0.25, 0.3) is 0 Å². The van der Waals surface area contributed by atoms with Gasteiger partial charge in [0, 0.05) is 21.6 Å². The number of carbonyl (C=O) groups excluding carboxylic acids is 1. The lowest BCUT2D eigenvalue weighted by molar-refractivity contribution is 0.00346. The fourth-order valence-electron chi connectivity index (χ4n) is 1.77. The van der Waals surface area contributed by atoms with Gasteiger partial charge in [-0.3, -0.25) is 4.79 Å². The van der Waals surface area contributed by atoms with E-state index in [1.54, 1.807) is 23.1 Å².